The molecule has 4 nitrogen and oxygen atoms in total. The summed E-state index contributed by atoms with van der Waals surface area (Å²) in [6, 6.07) is 13.0. The highest BCUT2D eigenvalue weighted by Crippen LogP contribution is 2.37. The summed E-state index contributed by atoms with van der Waals surface area (Å²) in [7, 11) is 3.00. The molecule has 0 saturated carbocycles. The van der Waals surface area contributed by atoms with E-state index in [0.29, 0.717) is 12.0 Å². The van der Waals surface area contributed by atoms with E-state index in [1.807, 2.05) is 30.3 Å². The molecule has 1 aliphatic rings. The van der Waals surface area contributed by atoms with Gasteiger partial charge in [0.1, 0.15) is 12.0 Å². The van der Waals surface area contributed by atoms with E-state index in [-0.39, 0.29) is 5.97 Å². The summed E-state index contributed by atoms with van der Waals surface area (Å²) in [5.74, 6) is 0.434. The zero-order valence-corrected chi connectivity index (χ0v) is 13.7. The van der Waals surface area contributed by atoms with Crippen LogP contribution in [0.1, 0.15) is 33.5 Å². The van der Waals surface area contributed by atoms with Gasteiger partial charge in [-0.2, -0.15) is 0 Å². The van der Waals surface area contributed by atoms with E-state index in [9.17, 15) is 9.59 Å². The van der Waals surface area contributed by atoms with Crippen LogP contribution < -0.4 is 4.74 Å². The van der Waals surface area contributed by atoms with Crippen molar-refractivity contribution in [2.24, 2.45) is 0 Å². The van der Waals surface area contributed by atoms with Crippen molar-refractivity contribution in [3.63, 3.8) is 0 Å². The Hall–Kier alpha value is -2.88. The predicted molar refractivity (Wildman–Crippen MR) is 91.2 cm³/mol. The number of benzene rings is 2. The third-order valence-corrected chi connectivity index (χ3v) is 4.30. The molecule has 2 aromatic carbocycles. The summed E-state index contributed by atoms with van der Waals surface area (Å²) in [5.41, 5.74) is 5.29. The molecule has 0 saturated heterocycles. The van der Waals surface area contributed by atoms with Crippen molar-refractivity contribution in [2.45, 2.75) is 12.8 Å². The van der Waals surface area contributed by atoms with Crippen molar-refractivity contribution in [1.82, 2.24) is 0 Å². The molecule has 0 amide bonds. The van der Waals surface area contributed by atoms with Crippen LogP contribution in [-0.4, -0.2) is 26.5 Å². The van der Waals surface area contributed by atoms with E-state index in [2.05, 4.69) is 0 Å². The molecule has 4 heteroatoms. The fourth-order valence-corrected chi connectivity index (χ4v) is 3.06. The molecule has 3 rings (SSSR count). The monoisotopic (exact) mass is 322 g/mol. The highest BCUT2D eigenvalue weighted by atomic mass is 16.5. The topological polar surface area (TPSA) is 52.6 Å². The molecular formula is C20H18O4. The Morgan fingerprint density at radius 3 is 2.42 bits per heavy atom. The molecule has 0 atom stereocenters. The van der Waals surface area contributed by atoms with Crippen LogP contribution >= 0.6 is 0 Å². The van der Waals surface area contributed by atoms with Gasteiger partial charge in [-0.3, -0.25) is 4.79 Å². The lowest BCUT2D eigenvalue weighted by atomic mass is 9.82. The lowest BCUT2D eigenvalue weighted by molar-refractivity contribution is -0.105. The number of carbonyl (C=O) groups excluding carboxylic acids is 2. The number of fused-ring (bicyclic) bond motifs is 1. The zero-order chi connectivity index (χ0) is 17.1. The van der Waals surface area contributed by atoms with Gasteiger partial charge in [-0.1, -0.05) is 18.2 Å². The van der Waals surface area contributed by atoms with Gasteiger partial charge in [-0.15, -0.1) is 0 Å². The summed E-state index contributed by atoms with van der Waals surface area (Å²) in [4.78, 5) is 23.1. The number of aryl methyl sites for hydroxylation is 1. The molecular weight excluding hydrogens is 304 g/mol. The summed E-state index contributed by atoms with van der Waals surface area (Å²) >= 11 is 0. The fraction of sp³-hybridized carbons (Fsp3) is 0.200. The minimum absolute atomic E-state index is 0.375. The molecule has 24 heavy (non-hydrogen) atoms. The summed E-state index contributed by atoms with van der Waals surface area (Å²) in [5, 5.41) is 0. The Balaban J connectivity index is 2.09. The van der Waals surface area contributed by atoms with E-state index in [1.165, 1.54) is 7.11 Å². The van der Waals surface area contributed by atoms with Crippen LogP contribution in [0.4, 0.5) is 0 Å². The normalized spacial score (nSPS) is 13.2. The van der Waals surface area contributed by atoms with E-state index in [4.69, 9.17) is 9.47 Å². The molecule has 0 aliphatic heterocycles. The lowest BCUT2D eigenvalue weighted by Crippen LogP contribution is -2.08. The number of ether oxygens (including phenoxy) is 2. The van der Waals surface area contributed by atoms with E-state index in [1.54, 1.807) is 19.2 Å². The van der Waals surface area contributed by atoms with Crippen LogP contribution in [0, 0.1) is 0 Å². The van der Waals surface area contributed by atoms with Gasteiger partial charge < -0.3 is 9.47 Å². The molecule has 0 unspecified atom stereocenters. The van der Waals surface area contributed by atoms with Crippen LogP contribution in [-0.2, 0) is 16.0 Å². The lowest BCUT2D eigenvalue weighted by Gasteiger charge is -2.22. The summed E-state index contributed by atoms with van der Waals surface area (Å²) in [6.45, 7) is 0. The average molecular weight is 322 g/mol. The number of hydrogen-bond donors (Lipinski definition) is 0. The Morgan fingerprint density at radius 1 is 1.04 bits per heavy atom. The van der Waals surface area contributed by atoms with Gasteiger partial charge >= 0.3 is 5.97 Å². The maximum absolute atomic E-state index is 11.6. The van der Waals surface area contributed by atoms with Crippen molar-refractivity contribution in [1.29, 1.82) is 0 Å². The van der Waals surface area contributed by atoms with Crippen LogP contribution in [0.5, 0.6) is 5.75 Å². The van der Waals surface area contributed by atoms with Crippen LogP contribution in [0.25, 0.3) is 5.57 Å². The molecule has 122 valence electrons. The van der Waals surface area contributed by atoms with Crippen molar-refractivity contribution < 1.29 is 19.1 Å². The molecule has 0 fully saturated rings. The second kappa shape index (κ2) is 6.71. The number of allylic oxidation sites excluding steroid dienone is 1. The maximum atomic E-state index is 11.6. The predicted octanol–water partition coefficient (Wildman–Crippen LogP) is 3.43. The van der Waals surface area contributed by atoms with Gasteiger partial charge in [-0.25, -0.2) is 4.79 Å². The highest BCUT2D eigenvalue weighted by molar-refractivity contribution is 5.97. The first-order chi connectivity index (χ1) is 11.7. The van der Waals surface area contributed by atoms with Crippen LogP contribution in [0.2, 0.25) is 0 Å². The van der Waals surface area contributed by atoms with Gasteiger partial charge in [0, 0.05) is 5.57 Å². The third-order valence-electron chi connectivity index (χ3n) is 4.30. The van der Waals surface area contributed by atoms with Crippen molar-refractivity contribution >= 4 is 17.8 Å². The SMILES string of the molecule is COC(=O)c1ccc(C2=C(C=O)CCc3cc(OC)ccc32)cc1. The van der Waals surface area contributed by atoms with Crippen molar-refractivity contribution in [3.05, 3.63) is 70.3 Å². The van der Waals surface area contributed by atoms with Crippen LogP contribution in [0.3, 0.4) is 0 Å². The Kier molecular flexibility index (Phi) is 4.47. The molecule has 0 heterocycles. The Bertz CT molecular complexity index is 816. The van der Waals surface area contributed by atoms with E-state index < -0.39 is 0 Å². The van der Waals surface area contributed by atoms with Gasteiger partial charge in [0.05, 0.1) is 19.8 Å². The van der Waals surface area contributed by atoms with Gasteiger partial charge in [0.2, 0.25) is 0 Å². The molecule has 0 spiro atoms. The Morgan fingerprint density at radius 2 is 1.79 bits per heavy atom. The Labute approximate surface area is 140 Å². The minimum Gasteiger partial charge on any atom is -0.497 e. The van der Waals surface area contributed by atoms with Gasteiger partial charge in [0.25, 0.3) is 0 Å². The first kappa shape index (κ1) is 16.0. The number of rotatable bonds is 4. The van der Waals surface area contributed by atoms with Crippen LogP contribution in [0.15, 0.2) is 48.0 Å². The number of carbonyl (C=O) groups is 2. The molecule has 2 aromatic rings. The standard InChI is InChI=1S/C20H18O4/c1-23-17-9-10-18-15(11-17)7-8-16(12-21)19(18)13-3-5-14(6-4-13)20(22)24-2/h3-6,9-12H,7-8H2,1-2H3. The van der Waals surface area contributed by atoms with Crippen molar-refractivity contribution in [2.75, 3.05) is 14.2 Å². The average Bonchev–Trinajstić information content (AvgIpc) is 2.66. The quantitative estimate of drug-likeness (QED) is 0.639. The largest absolute Gasteiger partial charge is 0.497 e. The first-order valence-corrected chi connectivity index (χ1v) is 7.72. The maximum Gasteiger partial charge on any atom is 0.337 e. The molecule has 0 radical (unpaired) electrons. The molecule has 0 bridgehead atoms. The zero-order valence-electron chi connectivity index (χ0n) is 13.7. The number of aldehydes is 1. The second-order valence-corrected chi connectivity index (χ2v) is 5.61. The second-order valence-electron chi connectivity index (χ2n) is 5.61. The fourth-order valence-electron chi connectivity index (χ4n) is 3.06. The van der Waals surface area contributed by atoms with Gasteiger partial charge in [-0.05, 0) is 59.4 Å². The smallest absolute Gasteiger partial charge is 0.337 e. The molecule has 1 aliphatic carbocycles. The minimum atomic E-state index is -0.375. The molecule has 0 aromatic heterocycles. The number of hydrogen-bond acceptors (Lipinski definition) is 4. The molecule has 0 N–H and O–H groups in total. The number of esters is 1. The van der Waals surface area contributed by atoms with Gasteiger partial charge in [0.15, 0.2) is 0 Å². The summed E-state index contributed by atoms with van der Waals surface area (Å²) < 4.78 is 10.0. The first-order valence-electron chi connectivity index (χ1n) is 7.72. The number of methoxy groups -OCH3 is 2. The van der Waals surface area contributed by atoms with Crippen molar-refractivity contribution in [3.8, 4) is 5.75 Å². The third kappa shape index (κ3) is 2.83. The summed E-state index contributed by atoms with van der Waals surface area (Å²) in [6.07, 6.45) is 2.43. The van der Waals surface area contributed by atoms with E-state index >= 15 is 0 Å². The van der Waals surface area contributed by atoms with E-state index in [0.717, 1.165) is 46.3 Å². The highest BCUT2D eigenvalue weighted by Gasteiger charge is 2.21.